The number of rotatable bonds is 38. The lowest BCUT2D eigenvalue weighted by Gasteiger charge is -2.18. The molecule has 0 aliphatic rings. The number of hydrogen-bond donors (Lipinski definition) is 0. The highest BCUT2D eigenvalue weighted by Crippen LogP contribution is 2.13. The van der Waals surface area contributed by atoms with Crippen LogP contribution in [-0.2, 0) is 28.6 Å². The van der Waals surface area contributed by atoms with E-state index in [0.717, 1.165) is 116 Å². The minimum atomic E-state index is -0.791. The van der Waals surface area contributed by atoms with Gasteiger partial charge in [0.15, 0.2) is 6.10 Å². The number of unbranched alkanes of at least 4 members (excludes halogenated alkanes) is 17. The number of hydrogen-bond acceptors (Lipinski definition) is 6. The van der Waals surface area contributed by atoms with Crippen LogP contribution >= 0.6 is 0 Å². The molecule has 0 bridgehead atoms. The highest BCUT2D eigenvalue weighted by atomic mass is 16.6. The van der Waals surface area contributed by atoms with Crippen LogP contribution in [0.1, 0.15) is 194 Å². The molecule has 0 aliphatic carbocycles. The summed E-state index contributed by atoms with van der Waals surface area (Å²) in [5.74, 6) is -0.945. The summed E-state index contributed by atoms with van der Waals surface area (Å²) in [6.07, 6.45) is 51.7. The van der Waals surface area contributed by atoms with E-state index in [2.05, 4.69) is 87.6 Å². The molecule has 0 aliphatic heterocycles. The zero-order chi connectivity index (χ0) is 39.4. The maximum absolute atomic E-state index is 12.7. The van der Waals surface area contributed by atoms with Crippen molar-refractivity contribution < 1.29 is 28.6 Å². The van der Waals surface area contributed by atoms with Gasteiger partial charge in [0, 0.05) is 19.3 Å². The Labute approximate surface area is 332 Å². The number of ether oxygens (including phenoxy) is 3. The fourth-order valence-corrected chi connectivity index (χ4v) is 5.75. The average molecular weight is 753 g/mol. The predicted molar refractivity (Wildman–Crippen MR) is 228 cm³/mol. The van der Waals surface area contributed by atoms with Crippen molar-refractivity contribution in [2.45, 2.75) is 200 Å². The van der Waals surface area contributed by atoms with E-state index in [0.29, 0.717) is 19.3 Å². The van der Waals surface area contributed by atoms with Gasteiger partial charge in [0.1, 0.15) is 13.2 Å². The molecule has 54 heavy (non-hydrogen) atoms. The number of allylic oxidation sites excluding steroid dienone is 12. The van der Waals surface area contributed by atoms with Gasteiger partial charge in [-0.15, -0.1) is 0 Å². The van der Waals surface area contributed by atoms with Gasteiger partial charge >= 0.3 is 17.9 Å². The Balaban J connectivity index is 4.45. The van der Waals surface area contributed by atoms with Gasteiger partial charge in [-0.05, 0) is 70.6 Å². The molecular weight excluding hydrogens is 673 g/mol. The lowest BCUT2D eigenvalue weighted by atomic mass is 10.1. The zero-order valence-electron chi connectivity index (χ0n) is 35.0. The highest BCUT2D eigenvalue weighted by molar-refractivity contribution is 5.71. The van der Waals surface area contributed by atoms with Crippen LogP contribution < -0.4 is 0 Å². The second kappa shape index (κ2) is 42.6. The summed E-state index contributed by atoms with van der Waals surface area (Å²) < 4.78 is 16.6. The topological polar surface area (TPSA) is 78.9 Å². The van der Waals surface area contributed by atoms with Crippen molar-refractivity contribution in [3.05, 3.63) is 72.9 Å². The standard InChI is InChI=1S/C48H80O6/c1-4-7-10-13-16-19-21-23-25-26-29-32-35-38-41-47(50)53-44-45(43-52-46(49)40-37-34-31-28-18-15-12-9-6-3)54-48(51)42-39-36-33-30-27-24-22-20-17-14-11-8-5-2/h7-8,10-11,14,16-17,19-20,22-23,25,45H,4-6,9,12-13,15,18,21,24,26-44H2,1-3H3/b10-7-,11-8-,17-14-,19-16-,22-20-,25-23-. The lowest BCUT2D eigenvalue weighted by Crippen LogP contribution is -2.30. The van der Waals surface area contributed by atoms with Crippen molar-refractivity contribution in [1.82, 2.24) is 0 Å². The van der Waals surface area contributed by atoms with Crippen LogP contribution in [0.5, 0.6) is 0 Å². The third kappa shape index (κ3) is 40.0. The third-order valence-electron chi connectivity index (χ3n) is 9.02. The van der Waals surface area contributed by atoms with Gasteiger partial charge in [-0.1, -0.05) is 177 Å². The molecule has 0 aromatic heterocycles. The first-order chi connectivity index (χ1) is 26.5. The molecule has 1 atom stereocenters. The molecule has 6 nitrogen and oxygen atoms in total. The molecule has 0 aromatic rings. The molecule has 1 unspecified atom stereocenters. The van der Waals surface area contributed by atoms with Gasteiger partial charge in [-0.25, -0.2) is 0 Å². The van der Waals surface area contributed by atoms with E-state index in [4.69, 9.17) is 14.2 Å². The number of esters is 3. The molecule has 0 N–H and O–H groups in total. The highest BCUT2D eigenvalue weighted by Gasteiger charge is 2.19. The van der Waals surface area contributed by atoms with Crippen LogP contribution in [0.3, 0.4) is 0 Å². The van der Waals surface area contributed by atoms with Crippen molar-refractivity contribution in [3.8, 4) is 0 Å². The van der Waals surface area contributed by atoms with Gasteiger partial charge in [-0.2, -0.15) is 0 Å². The van der Waals surface area contributed by atoms with Gasteiger partial charge in [0.25, 0.3) is 0 Å². The fourth-order valence-electron chi connectivity index (χ4n) is 5.75. The SMILES string of the molecule is CC\C=C/C=C\C=C/CCCCCCCC(=O)OC(COC(=O)CCCCCC/C=C\C/C=C\C/C=C\CC)COC(=O)CCCCCCCCCCC. The normalized spacial score (nSPS) is 12.7. The van der Waals surface area contributed by atoms with Crippen LogP contribution in [0.4, 0.5) is 0 Å². The Bertz CT molecular complexity index is 1050. The Kier molecular flexibility index (Phi) is 40.1. The van der Waals surface area contributed by atoms with Crippen LogP contribution in [0.25, 0.3) is 0 Å². The summed E-state index contributed by atoms with van der Waals surface area (Å²) in [7, 11) is 0. The average Bonchev–Trinajstić information content (AvgIpc) is 3.17. The van der Waals surface area contributed by atoms with Crippen molar-refractivity contribution in [1.29, 1.82) is 0 Å². The van der Waals surface area contributed by atoms with Gasteiger partial charge < -0.3 is 14.2 Å². The van der Waals surface area contributed by atoms with E-state index in [1.807, 2.05) is 6.08 Å². The van der Waals surface area contributed by atoms with E-state index in [1.165, 1.54) is 38.5 Å². The quantitative estimate of drug-likeness (QED) is 0.0205. The van der Waals surface area contributed by atoms with E-state index in [1.54, 1.807) is 0 Å². The van der Waals surface area contributed by atoms with Gasteiger partial charge in [-0.3, -0.25) is 14.4 Å². The summed E-state index contributed by atoms with van der Waals surface area (Å²) in [4.78, 5) is 37.6. The van der Waals surface area contributed by atoms with Crippen LogP contribution in [0, 0.1) is 0 Å². The molecule has 0 amide bonds. The second-order valence-corrected chi connectivity index (χ2v) is 14.3. The zero-order valence-corrected chi connectivity index (χ0v) is 35.0. The molecular formula is C48H80O6. The van der Waals surface area contributed by atoms with E-state index >= 15 is 0 Å². The van der Waals surface area contributed by atoms with E-state index < -0.39 is 6.10 Å². The molecule has 0 aromatic carbocycles. The second-order valence-electron chi connectivity index (χ2n) is 14.3. The van der Waals surface area contributed by atoms with Crippen LogP contribution in [0.15, 0.2) is 72.9 Å². The molecule has 0 fully saturated rings. The maximum Gasteiger partial charge on any atom is 0.306 e. The van der Waals surface area contributed by atoms with E-state index in [9.17, 15) is 14.4 Å². The smallest absolute Gasteiger partial charge is 0.306 e. The molecule has 0 rings (SSSR count). The summed E-state index contributed by atoms with van der Waals surface area (Å²) in [5, 5.41) is 0. The van der Waals surface area contributed by atoms with E-state index in [-0.39, 0.29) is 31.1 Å². The fraction of sp³-hybridized carbons (Fsp3) is 0.688. The molecule has 0 spiro atoms. The molecule has 308 valence electrons. The monoisotopic (exact) mass is 753 g/mol. The number of carbonyl (C=O) groups excluding carboxylic acids is 3. The largest absolute Gasteiger partial charge is 0.462 e. The summed E-state index contributed by atoms with van der Waals surface area (Å²) >= 11 is 0. The maximum atomic E-state index is 12.7. The predicted octanol–water partition coefficient (Wildman–Crippen LogP) is 13.9. The van der Waals surface area contributed by atoms with Crippen molar-refractivity contribution in [2.75, 3.05) is 13.2 Å². The summed E-state index contributed by atoms with van der Waals surface area (Å²) in [6.45, 7) is 6.31. The van der Waals surface area contributed by atoms with Crippen molar-refractivity contribution >= 4 is 17.9 Å². The Morgan fingerprint density at radius 2 is 0.815 bits per heavy atom. The Morgan fingerprint density at radius 3 is 1.33 bits per heavy atom. The van der Waals surface area contributed by atoms with Crippen molar-refractivity contribution in [3.63, 3.8) is 0 Å². The molecule has 0 saturated carbocycles. The van der Waals surface area contributed by atoms with Crippen LogP contribution in [-0.4, -0.2) is 37.2 Å². The van der Waals surface area contributed by atoms with Gasteiger partial charge in [0.05, 0.1) is 0 Å². The first-order valence-corrected chi connectivity index (χ1v) is 22.0. The molecule has 6 heteroatoms. The summed E-state index contributed by atoms with van der Waals surface area (Å²) in [5.41, 5.74) is 0. The first kappa shape index (κ1) is 50.9. The first-order valence-electron chi connectivity index (χ1n) is 22.0. The third-order valence-corrected chi connectivity index (χ3v) is 9.02. The Morgan fingerprint density at radius 1 is 0.407 bits per heavy atom. The number of carbonyl (C=O) groups is 3. The minimum Gasteiger partial charge on any atom is -0.462 e. The lowest BCUT2D eigenvalue weighted by molar-refractivity contribution is -0.167. The van der Waals surface area contributed by atoms with Gasteiger partial charge in [0.2, 0.25) is 0 Å². The molecule has 0 heterocycles. The molecule has 0 saturated heterocycles. The Hall–Kier alpha value is -3.15. The van der Waals surface area contributed by atoms with Crippen molar-refractivity contribution in [2.24, 2.45) is 0 Å². The van der Waals surface area contributed by atoms with Crippen LogP contribution in [0.2, 0.25) is 0 Å². The molecule has 0 radical (unpaired) electrons. The minimum absolute atomic E-state index is 0.0912. The summed E-state index contributed by atoms with van der Waals surface area (Å²) in [6, 6.07) is 0.